The van der Waals surface area contributed by atoms with Crippen molar-refractivity contribution in [2.45, 2.75) is 22.6 Å². The molecule has 9 nitrogen and oxygen atoms in total. The number of rotatable bonds is 6. The maximum atomic E-state index is 14.4. The Bertz CT molecular complexity index is 1960. The van der Waals surface area contributed by atoms with Gasteiger partial charge in [0.2, 0.25) is 17.6 Å². The highest BCUT2D eigenvalue weighted by molar-refractivity contribution is 9.10. The van der Waals surface area contributed by atoms with Gasteiger partial charge in [-0.2, -0.15) is 0 Å². The van der Waals surface area contributed by atoms with Crippen LogP contribution in [-0.2, 0) is 19.2 Å². The Morgan fingerprint density at radius 2 is 1.47 bits per heavy atom. The van der Waals surface area contributed by atoms with Crippen molar-refractivity contribution in [1.29, 1.82) is 0 Å². The number of nitrogens with zero attached hydrogens (tertiary/aromatic N) is 2. The number of methoxy groups -OCH3 is 2. The van der Waals surface area contributed by atoms with E-state index in [1.807, 2.05) is 6.08 Å². The molecule has 13 heteroatoms. The van der Waals surface area contributed by atoms with Crippen LogP contribution in [0.5, 0.6) is 17.2 Å². The lowest BCUT2D eigenvalue weighted by Crippen LogP contribution is -2.60. The molecular formula is C36H28BrCl2FN2O7. The first-order chi connectivity index (χ1) is 23.3. The maximum absolute atomic E-state index is 14.4. The van der Waals surface area contributed by atoms with Crippen molar-refractivity contribution in [2.75, 3.05) is 24.0 Å². The predicted molar refractivity (Wildman–Crippen MR) is 184 cm³/mol. The number of fused-ring (bicyclic) bond motifs is 4. The number of benzene rings is 3. The lowest BCUT2D eigenvalue weighted by Gasteiger charge is -2.49. The summed E-state index contributed by atoms with van der Waals surface area (Å²) in [6, 6.07) is 14.7. The summed E-state index contributed by atoms with van der Waals surface area (Å²) in [6.45, 7) is 0. The quantitative estimate of drug-likeness (QED) is 0.170. The van der Waals surface area contributed by atoms with Crippen LogP contribution in [0, 0.1) is 29.5 Å². The zero-order valence-corrected chi connectivity index (χ0v) is 29.1. The van der Waals surface area contributed by atoms with Crippen LogP contribution in [0.25, 0.3) is 6.08 Å². The molecule has 7 rings (SSSR count). The summed E-state index contributed by atoms with van der Waals surface area (Å²) >= 11 is 18.1. The number of anilines is 2. The highest BCUT2D eigenvalue weighted by Gasteiger charge is 2.76. The van der Waals surface area contributed by atoms with Crippen LogP contribution >= 0.6 is 39.1 Å². The second-order valence-electron chi connectivity index (χ2n) is 12.4. The molecule has 2 heterocycles. The SMILES string of the molecule is COc1cc(C=CC2C3=CCC4C(=O)N(c5ccc(Br)cc5)C(=O)C4C3CC3(Cl)C(=O)N(c4ccc(F)cc4)C(=O)C23Cl)cc(OC)c1O. The second-order valence-corrected chi connectivity index (χ2v) is 14.6. The molecule has 1 N–H and O–H groups in total. The summed E-state index contributed by atoms with van der Waals surface area (Å²) in [4.78, 5) is 54.7. The zero-order chi connectivity index (χ0) is 35.0. The fourth-order valence-corrected chi connectivity index (χ4v) is 8.86. The molecule has 0 radical (unpaired) electrons. The molecule has 3 aromatic carbocycles. The molecule has 3 fully saturated rings. The van der Waals surface area contributed by atoms with E-state index in [0.29, 0.717) is 16.8 Å². The van der Waals surface area contributed by atoms with Crippen LogP contribution in [0.1, 0.15) is 18.4 Å². The highest BCUT2D eigenvalue weighted by atomic mass is 79.9. The summed E-state index contributed by atoms with van der Waals surface area (Å²) in [6.07, 6.45) is 5.10. The lowest BCUT2D eigenvalue weighted by molar-refractivity contribution is -0.125. The molecule has 2 aliphatic heterocycles. The van der Waals surface area contributed by atoms with E-state index in [0.717, 1.165) is 21.5 Å². The minimum Gasteiger partial charge on any atom is -0.502 e. The van der Waals surface area contributed by atoms with Crippen molar-refractivity contribution in [3.63, 3.8) is 0 Å². The summed E-state index contributed by atoms with van der Waals surface area (Å²) in [7, 11) is 2.77. The molecule has 6 atom stereocenters. The van der Waals surface area contributed by atoms with Gasteiger partial charge in [0, 0.05) is 10.4 Å². The third kappa shape index (κ3) is 4.84. The number of alkyl halides is 2. The van der Waals surface area contributed by atoms with Gasteiger partial charge in [0.25, 0.3) is 11.8 Å². The average Bonchev–Trinajstić information content (AvgIpc) is 3.43. The van der Waals surface area contributed by atoms with E-state index in [1.165, 1.54) is 31.3 Å². The minimum atomic E-state index is -2.08. The number of phenolic OH excluding ortho intramolecular Hbond substituents is 1. The van der Waals surface area contributed by atoms with Crippen LogP contribution in [0.15, 0.2) is 82.9 Å². The van der Waals surface area contributed by atoms with Crippen molar-refractivity contribution in [3.05, 3.63) is 94.2 Å². The van der Waals surface area contributed by atoms with Gasteiger partial charge in [0.1, 0.15) is 5.82 Å². The van der Waals surface area contributed by atoms with E-state index in [2.05, 4.69) is 15.9 Å². The van der Waals surface area contributed by atoms with Crippen molar-refractivity contribution in [2.24, 2.45) is 23.7 Å². The minimum absolute atomic E-state index is 0.0879. The van der Waals surface area contributed by atoms with Gasteiger partial charge < -0.3 is 14.6 Å². The van der Waals surface area contributed by atoms with Gasteiger partial charge >= 0.3 is 0 Å². The number of carbonyl (C=O) groups is 4. The van der Waals surface area contributed by atoms with Crippen molar-refractivity contribution < 1.29 is 38.1 Å². The molecule has 2 saturated heterocycles. The van der Waals surface area contributed by atoms with E-state index in [1.54, 1.807) is 48.6 Å². The van der Waals surface area contributed by atoms with Gasteiger partial charge in [-0.15, -0.1) is 23.2 Å². The van der Waals surface area contributed by atoms with Crippen molar-refractivity contribution in [1.82, 2.24) is 0 Å². The number of imide groups is 2. The van der Waals surface area contributed by atoms with Gasteiger partial charge in [-0.1, -0.05) is 39.7 Å². The molecule has 0 bridgehead atoms. The summed E-state index contributed by atoms with van der Waals surface area (Å²) in [5.74, 6) is -6.29. The fraction of sp³-hybridized carbons (Fsp3) is 0.278. The van der Waals surface area contributed by atoms with Crippen LogP contribution < -0.4 is 19.3 Å². The fourth-order valence-electron chi connectivity index (χ4n) is 7.71. The monoisotopic (exact) mass is 768 g/mol. The van der Waals surface area contributed by atoms with Gasteiger partial charge in [-0.05, 0) is 85.0 Å². The summed E-state index contributed by atoms with van der Waals surface area (Å²) in [5, 5.41) is 10.5. The molecule has 4 amide bonds. The molecular weight excluding hydrogens is 742 g/mol. The number of ether oxygens (including phenoxy) is 2. The molecule has 3 aromatic rings. The predicted octanol–water partition coefficient (Wildman–Crippen LogP) is 6.62. The van der Waals surface area contributed by atoms with Crippen molar-refractivity contribution in [3.8, 4) is 17.2 Å². The number of aromatic hydroxyl groups is 1. The molecule has 2 aliphatic carbocycles. The molecule has 0 spiro atoms. The third-order valence-electron chi connectivity index (χ3n) is 10.0. The maximum Gasteiger partial charge on any atom is 0.258 e. The van der Waals surface area contributed by atoms with E-state index >= 15 is 0 Å². The smallest absolute Gasteiger partial charge is 0.258 e. The third-order valence-corrected chi connectivity index (χ3v) is 12.0. The van der Waals surface area contributed by atoms with E-state index in [-0.39, 0.29) is 41.7 Å². The number of amides is 4. The second kappa shape index (κ2) is 12.0. The topological polar surface area (TPSA) is 113 Å². The first-order valence-electron chi connectivity index (χ1n) is 15.3. The molecule has 0 aromatic heterocycles. The lowest BCUT2D eigenvalue weighted by atomic mass is 9.57. The molecule has 6 unspecified atom stereocenters. The van der Waals surface area contributed by atoms with E-state index < -0.39 is 57.0 Å². The molecule has 49 heavy (non-hydrogen) atoms. The first-order valence-corrected chi connectivity index (χ1v) is 16.9. The number of halogens is 4. The van der Waals surface area contributed by atoms with Crippen LogP contribution in [0.2, 0.25) is 0 Å². The normalized spacial score (nSPS) is 29.2. The number of allylic oxidation sites excluding steroid dienone is 3. The van der Waals surface area contributed by atoms with Crippen LogP contribution in [0.4, 0.5) is 15.8 Å². The Kier molecular flexibility index (Phi) is 8.16. The van der Waals surface area contributed by atoms with Gasteiger partial charge in [-0.3, -0.25) is 24.1 Å². The number of carbonyl (C=O) groups excluding carboxylic acids is 4. The number of hydrogen-bond donors (Lipinski definition) is 1. The first kappa shape index (κ1) is 33.3. The van der Waals surface area contributed by atoms with Gasteiger partial charge in [0.05, 0.1) is 37.4 Å². The number of phenols is 1. The van der Waals surface area contributed by atoms with E-state index in [4.69, 9.17) is 32.7 Å². The Morgan fingerprint density at radius 3 is 2.08 bits per heavy atom. The molecule has 1 saturated carbocycles. The largest absolute Gasteiger partial charge is 0.502 e. The van der Waals surface area contributed by atoms with Gasteiger partial charge in [0.15, 0.2) is 21.2 Å². The Morgan fingerprint density at radius 1 is 0.878 bits per heavy atom. The Balaban J connectivity index is 1.37. The van der Waals surface area contributed by atoms with Crippen LogP contribution in [0.3, 0.4) is 0 Å². The zero-order valence-electron chi connectivity index (χ0n) is 26.0. The molecule has 4 aliphatic rings. The average molecular weight is 770 g/mol. The highest BCUT2D eigenvalue weighted by Crippen LogP contribution is 2.63. The van der Waals surface area contributed by atoms with Crippen LogP contribution in [-0.4, -0.2) is 52.7 Å². The van der Waals surface area contributed by atoms with Gasteiger partial charge in [-0.25, -0.2) is 9.29 Å². The standard InChI is InChI=1S/C36H28BrCl2FN2O7/c1-48-27-15-18(16-28(49-2)30(27)43)3-14-26-23-12-13-24-29(32(45)41(31(24)44)21-8-4-19(37)5-9-21)25(23)17-35(38)33(46)42(34(47)36(26,35)39)22-10-6-20(40)7-11-22/h3-12,14-16,24-26,29,43H,13,17H2,1-2H3. The Labute approximate surface area is 299 Å². The summed E-state index contributed by atoms with van der Waals surface area (Å²) in [5.41, 5.74) is 1.61. The van der Waals surface area contributed by atoms with Crippen molar-refractivity contribution >= 4 is 80.2 Å². The Hall–Kier alpha value is -4.19. The molecule has 252 valence electrons. The summed E-state index contributed by atoms with van der Waals surface area (Å²) < 4.78 is 25.3. The van der Waals surface area contributed by atoms with E-state index in [9.17, 15) is 28.7 Å². The number of hydrogen-bond acceptors (Lipinski definition) is 7.